The number of amides is 3. The van der Waals surface area contributed by atoms with Crippen LogP contribution in [0.2, 0.25) is 0 Å². The van der Waals surface area contributed by atoms with Gasteiger partial charge in [0.25, 0.3) is 15.9 Å². The molecule has 3 amide bonds. The first-order valence-electron chi connectivity index (χ1n) is 10.0. The third kappa shape index (κ3) is 5.11. The van der Waals surface area contributed by atoms with Crippen LogP contribution in [0, 0.1) is 6.92 Å². The van der Waals surface area contributed by atoms with Crippen molar-refractivity contribution in [2.75, 3.05) is 22.9 Å². The molecule has 176 valence electrons. The number of carbonyl (C=O) groups excluding carboxylic acids is 3. The number of hydrogen-bond acceptors (Lipinski definition) is 9. The fraction of sp³-hybridized carbons (Fsp3) is 0.190. The minimum Gasteiger partial charge on any atom is -0.326 e. The lowest BCUT2D eigenvalue weighted by atomic mass is 10.2. The van der Waals surface area contributed by atoms with E-state index in [-0.39, 0.29) is 27.9 Å². The van der Waals surface area contributed by atoms with E-state index in [1.54, 1.807) is 6.07 Å². The standard InChI is InChI=1S/C21H19N5O5S3/c1-13-6-2-4-8-15(13)22-17(27)10-11-32-21-25-24-20(33-21)23-18(28)12-26-19(29)14-7-3-5-9-16(14)34(26,30)31/h2-9H,10-12H2,1H3,(H,22,27)(H,23,24,28). The van der Waals surface area contributed by atoms with Gasteiger partial charge in [-0.25, -0.2) is 12.7 Å². The number of fused-ring (bicyclic) bond motifs is 1. The zero-order chi connectivity index (χ0) is 24.3. The number of thioether (sulfide) groups is 1. The van der Waals surface area contributed by atoms with Gasteiger partial charge in [0.1, 0.15) is 11.4 Å². The van der Waals surface area contributed by atoms with Crippen LogP contribution in [0.5, 0.6) is 0 Å². The molecule has 0 radical (unpaired) electrons. The second kappa shape index (κ2) is 9.91. The van der Waals surface area contributed by atoms with Crippen molar-refractivity contribution in [3.8, 4) is 0 Å². The molecule has 2 aromatic carbocycles. The predicted octanol–water partition coefficient (Wildman–Crippen LogP) is 2.75. The van der Waals surface area contributed by atoms with Crippen molar-refractivity contribution in [2.24, 2.45) is 0 Å². The Morgan fingerprint density at radius 3 is 2.53 bits per heavy atom. The SMILES string of the molecule is Cc1ccccc1NC(=O)CCSc1nnc(NC(=O)CN2C(=O)c3ccccc3S2(=O)=O)s1. The van der Waals surface area contributed by atoms with Gasteiger partial charge in [-0.05, 0) is 30.7 Å². The molecule has 1 aromatic heterocycles. The molecule has 3 aromatic rings. The Bertz CT molecular complexity index is 1370. The van der Waals surface area contributed by atoms with E-state index < -0.39 is 28.4 Å². The van der Waals surface area contributed by atoms with Crippen LogP contribution in [0.3, 0.4) is 0 Å². The maximum atomic E-state index is 12.6. The number of benzene rings is 2. The zero-order valence-corrected chi connectivity index (χ0v) is 20.3. The summed E-state index contributed by atoms with van der Waals surface area (Å²) in [6.45, 7) is 1.24. The fourth-order valence-electron chi connectivity index (χ4n) is 3.15. The topological polar surface area (TPSA) is 138 Å². The molecule has 4 rings (SSSR count). The Kier molecular flexibility index (Phi) is 6.95. The molecule has 1 aliphatic rings. The van der Waals surface area contributed by atoms with Crippen molar-refractivity contribution in [3.63, 3.8) is 0 Å². The minimum atomic E-state index is -4.07. The summed E-state index contributed by atoms with van der Waals surface area (Å²) >= 11 is 2.40. The van der Waals surface area contributed by atoms with Crippen molar-refractivity contribution >= 4 is 61.7 Å². The largest absolute Gasteiger partial charge is 0.326 e. The van der Waals surface area contributed by atoms with Crippen molar-refractivity contribution < 1.29 is 22.8 Å². The lowest BCUT2D eigenvalue weighted by Crippen LogP contribution is -2.37. The molecule has 0 aliphatic carbocycles. The highest BCUT2D eigenvalue weighted by Gasteiger charge is 2.41. The summed E-state index contributed by atoms with van der Waals surface area (Å²) < 4.78 is 26.2. The second-order valence-electron chi connectivity index (χ2n) is 7.20. The van der Waals surface area contributed by atoms with E-state index in [2.05, 4.69) is 20.8 Å². The first-order valence-corrected chi connectivity index (χ1v) is 13.3. The van der Waals surface area contributed by atoms with Crippen LogP contribution in [0.25, 0.3) is 0 Å². The lowest BCUT2D eigenvalue weighted by molar-refractivity contribution is -0.116. The van der Waals surface area contributed by atoms with Crippen LogP contribution in [-0.4, -0.2) is 52.9 Å². The van der Waals surface area contributed by atoms with Crippen molar-refractivity contribution in [2.45, 2.75) is 22.6 Å². The third-order valence-corrected chi connectivity index (χ3v) is 8.59. The second-order valence-corrected chi connectivity index (χ2v) is 11.3. The fourth-order valence-corrected chi connectivity index (χ4v) is 6.45. The first-order chi connectivity index (χ1) is 16.3. The normalized spacial score (nSPS) is 14.0. The van der Waals surface area contributed by atoms with Gasteiger partial charge in [0.05, 0.1) is 5.56 Å². The van der Waals surface area contributed by atoms with E-state index in [0.29, 0.717) is 14.4 Å². The molecule has 2 N–H and O–H groups in total. The summed E-state index contributed by atoms with van der Waals surface area (Å²) in [6.07, 6.45) is 0.260. The van der Waals surface area contributed by atoms with Gasteiger partial charge in [0.15, 0.2) is 4.34 Å². The third-order valence-electron chi connectivity index (χ3n) is 4.83. The molecule has 34 heavy (non-hydrogen) atoms. The van der Waals surface area contributed by atoms with E-state index in [4.69, 9.17) is 0 Å². The van der Waals surface area contributed by atoms with E-state index in [0.717, 1.165) is 22.6 Å². The van der Waals surface area contributed by atoms with E-state index in [1.807, 2.05) is 31.2 Å². The summed E-state index contributed by atoms with van der Waals surface area (Å²) in [4.78, 5) is 36.8. The van der Waals surface area contributed by atoms with Crippen LogP contribution in [0.4, 0.5) is 10.8 Å². The van der Waals surface area contributed by atoms with Crippen LogP contribution < -0.4 is 10.6 Å². The Morgan fingerprint density at radius 1 is 1.03 bits per heavy atom. The van der Waals surface area contributed by atoms with Gasteiger partial charge in [-0.1, -0.05) is 53.4 Å². The highest BCUT2D eigenvalue weighted by Crippen LogP contribution is 2.30. The van der Waals surface area contributed by atoms with Gasteiger partial charge in [0.2, 0.25) is 16.9 Å². The smallest absolute Gasteiger partial charge is 0.269 e. The molecule has 0 bridgehead atoms. The van der Waals surface area contributed by atoms with Gasteiger partial charge in [-0.15, -0.1) is 10.2 Å². The monoisotopic (exact) mass is 517 g/mol. The van der Waals surface area contributed by atoms with Gasteiger partial charge < -0.3 is 5.32 Å². The molecule has 10 nitrogen and oxygen atoms in total. The van der Waals surface area contributed by atoms with Crippen molar-refractivity contribution in [1.82, 2.24) is 14.5 Å². The number of rotatable bonds is 8. The molecule has 1 aliphatic heterocycles. The molecule has 0 saturated carbocycles. The Labute approximate surface area is 203 Å². The van der Waals surface area contributed by atoms with Gasteiger partial charge in [-0.2, -0.15) is 0 Å². The number of para-hydroxylation sites is 1. The number of nitrogens with one attached hydrogen (secondary N) is 2. The molecule has 0 saturated heterocycles. The highest BCUT2D eigenvalue weighted by molar-refractivity contribution is 8.01. The zero-order valence-electron chi connectivity index (χ0n) is 17.8. The summed E-state index contributed by atoms with van der Waals surface area (Å²) in [6, 6.07) is 13.3. The Hall–Kier alpha value is -3.29. The number of carbonyl (C=O) groups is 3. The van der Waals surface area contributed by atoms with E-state index in [1.165, 1.54) is 30.0 Å². The van der Waals surface area contributed by atoms with Crippen molar-refractivity contribution in [3.05, 3.63) is 59.7 Å². The van der Waals surface area contributed by atoms with Crippen LogP contribution in [0.15, 0.2) is 57.8 Å². The van der Waals surface area contributed by atoms with Crippen molar-refractivity contribution in [1.29, 1.82) is 0 Å². The minimum absolute atomic E-state index is 0.0383. The van der Waals surface area contributed by atoms with Gasteiger partial charge in [0, 0.05) is 17.9 Å². The Balaban J connectivity index is 1.27. The number of aromatic nitrogens is 2. The van der Waals surface area contributed by atoms with Gasteiger partial charge >= 0.3 is 0 Å². The molecular weight excluding hydrogens is 498 g/mol. The highest BCUT2D eigenvalue weighted by atomic mass is 32.2. The Morgan fingerprint density at radius 2 is 1.76 bits per heavy atom. The van der Waals surface area contributed by atoms with Crippen LogP contribution >= 0.6 is 23.1 Å². The van der Waals surface area contributed by atoms with E-state index >= 15 is 0 Å². The maximum absolute atomic E-state index is 12.6. The molecule has 0 fully saturated rings. The predicted molar refractivity (Wildman–Crippen MR) is 128 cm³/mol. The quantitative estimate of drug-likeness (QED) is 0.344. The maximum Gasteiger partial charge on any atom is 0.269 e. The number of sulfonamides is 1. The average molecular weight is 518 g/mol. The first kappa shape index (κ1) is 23.9. The summed E-state index contributed by atoms with van der Waals surface area (Å²) in [7, 11) is -4.07. The average Bonchev–Trinajstić information content (AvgIpc) is 3.32. The van der Waals surface area contributed by atoms with E-state index in [9.17, 15) is 22.8 Å². The molecule has 0 spiro atoms. The lowest BCUT2D eigenvalue weighted by Gasteiger charge is -2.13. The number of hydrogen-bond donors (Lipinski definition) is 2. The molecular formula is C21H19N5O5S3. The van der Waals surface area contributed by atoms with Crippen LogP contribution in [-0.2, 0) is 19.6 Å². The molecule has 13 heteroatoms. The van der Waals surface area contributed by atoms with Gasteiger partial charge in [-0.3, -0.25) is 19.7 Å². The molecule has 0 unspecified atom stereocenters. The number of nitrogens with zero attached hydrogens (tertiary/aromatic N) is 3. The molecule has 0 atom stereocenters. The number of aryl methyl sites for hydroxylation is 1. The number of anilines is 2. The summed E-state index contributed by atoms with van der Waals surface area (Å²) in [5.41, 5.74) is 1.77. The summed E-state index contributed by atoms with van der Waals surface area (Å²) in [5, 5.41) is 13.3. The summed E-state index contributed by atoms with van der Waals surface area (Å²) in [5.74, 6) is -1.13. The molecule has 2 heterocycles. The van der Waals surface area contributed by atoms with Crippen LogP contribution in [0.1, 0.15) is 22.3 Å².